The van der Waals surface area contributed by atoms with Crippen molar-refractivity contribution in [2.45, 2.75) is 17.9 Å². The third-order valence-corrected chi connectivity index (χ3v) is 6.29. The van der Waals surface area contributed by atoms with E-state index in [-0.39, 0.29) is 5.75 Å². The van der Waals surface area contributed by atoms with Crippen molar-refractivity contribution in [3.63, 3.8) is 0 Å². The zero-order valence-electron chi connectivity index (χ0n) is 13.1. The maximum Gasteiger partial charge on any atom is 0.161 e. The lowest BCUT2D eigenvalue weighted by Crippen LogP contribution is -2.13. The van der Waals surface area contributed by atoms with E-state index in [9.17, 15) is 8.42 Å². The van der Waals surface area contributed by atoms with Gasteiger partial charge < -0.3 is 0 Å². The molecule has 0 N–H and O–H groups in total. The van der Waals surface area contributed by atoms with Crippen LogP contribution in [0, 0.1) is 0 Å². The zero-order valence-corrected chi connectivity index (χ0v) is 14.7. The van der Waals surface area contributed by atoms with Crippen LogP contribution < -0.4 is 0 Å². The first-order valence-electron chi connectivity index (χ1n) is 7.52. The lowest BCUT2D eigenvalue weighted by Gasteiger charge is -2.14. The van der Waals surface area contributed by atoms with Gasteiger partial charge in [-0.1, -0.05) is 35.9 Å². The molecule has 0 unspecified atom stereocenters. The highest BCUT2D eigenvalue weighted by atomic mass is 35.5. The highest BCUT2D eigenvalue weighted by Crippen LogP contribution is 2.26. The molecule has 6 heteroatoms. The molecular weight excluding hydrogens is 344 g/mol. The Morgan fingerprint density at radius 1 is 1.08 bits per heavy atom. The maximum atomic E-state index is 12.6. The Labute approximate surface area is 146 Å². The molecule has 24 heavy (non-hydrogen) atoms. The molecule has 0 radical (unpaired) electrons. The normalized spacial score (nSPS) is 12.9. The van der Waals surface area contributed by atoms with Crippen LogP contribution in [0.25, 0.3) is 5.69 Å². The zero-order chi connectivity index (χ0) is 17.2. The second kappa shape index (κ2) is 6.79. The number of halogens is 1. The van der Waals surface area contributed by atoms with Gasteiger partial charge in [-0.15, -0.1) is 0 Å². The molecule has 0 aliphatic rings. The molecule has 0 saturated carbocycles. The molecule has 4 nitrogen and oxygen atoms in total. The summed E-state index contributed by atoms with van der Waals surface area (Å²) in [5.74, 6) is -0.00379. The van der Waals surface area contributed by atoms with E-state index in [2.05, 4.69) is 5.10 Å². The minimum absolute atomic E-state index is 0.00379. The Morgan fingerprint density at radius 2 is 1.75 bits per heavy atom. The van der Waals surface area contributed by atoms with E-state index in [4.69, 9.17) is 11.6 Å². The number of hydrogen-bond donors (Lipinski definition) is 0. The fourth-order valence-electron chi connectivity index (χ4n) is 2.46. The summed E-state index contributed by atoms with van der Waals surface area (Å²) in [6, 6.07) is 16.1. The molecule has 0 bridgehead atoms. The van der Waals surface area contributed by atoms with Gasteiger partial charge in [0.2, 0.25) is 0 Å². The van der Waals surface area contributed by atoms with Crippen molar-refractivity contribution in [3.05, 3.63) is 83.1 Å². The third-order valence-electron chi connectivity index (χ3n) is 3.95. The Morgan fingerprint density at radius 3 is 2.33 bits per heavy atom. The topological polar surface area (TPSA) is 52.0 Å². The number of hydrogen-bond acceptors (Lipinski definition) is 3. The molecule has 1 aromatic heterocycles. The van der Waals surface area contributed by atoms with E-state index in [1.807, 2.05) is 36.5 Å². The summed E-state index contributed by atoms with van der Waals surface area (Å²) in [4.78, 5) is 0. The number of rotatable bonds is 5. The number of nitrogens with zero attached hydrogens (tertiary/aromatic N) is 2. The predicted octanol–water partition coefficient (Wildman–Crippen LogP) is 4.20. The van der Waals surface area contributed by atoms with Gasteiger partial charge in [-0.2, -0.15) is 5.10 Å². The predicted molar refractivity (Wildman–Crippen MR) is 96.1 cm³/mol. The maximum absolute atomic E-state index is 12.6. The highest BCUT2D eigenvalue weighted by molar-refractivity contribution is 7.90. The van der Waals surface area contributed by atoms with Crippen molar-refractivity contribution in [2.75, 3.05) is 0 Å². The molecule has 3 aromatic rings. The van der Waals surface area contributed by atoms with Crippen LogP contribution in [0.2, 0.25) is 5.02 Å². The standard InChI is InChI=1S/C18H17ClN2O2S/c1-14(16-5-7-17(19)8-6-16)24(22,23)13-15-3-9-18(10-4-15)21-12-2-11-20-21/h2-12,14H,13H2,1H3/t14-/m1/s1. The lowest BCUT2D eigenvalue weighted by atomic mass is 10.2. The number of aromatic nitrogens is 2. The summed E-state index contributed by atoms with van der Waals surface area (Å²) in [6.45, 7) is 1.71. The van der Waals surface area contributed by atoms with Crippen molar-refractivity contribution < 1.29 is 8.42 Å². The van der Waals surface area contributed by atoms with Gasteiger partial charge in [0.25, 0.3) is 0 Å². The van der Waals surface area contributed by atoms with Crippen molar-refractivity contribution in [3.8, 4) is 5.69 Å². The molecule has 0 aliphatic carbocycles. The molecule has 0 amide bonds. The average molecular weight is 361 g/mol. The molecule has 1 heterocycles. The quantitative estimate of drug-likeness (QED) is 0.685. The summed E-state index contributed by atoms with van der Waals surface area (Å²) >= 11 is 5.86. The fourth-order valence-corrected chi connectivity index (χ4v) is 4.07. The van der Waals surface area contributed by atoms with Crippen LogP contribution in [0.15, 0.2) is 67.0 Å². The fraction of sp³-hybridized carbons (Fsp3) is 0.167. The second-order valence-corrected chi connectivity index (χ2v) is 8.38. The minimum Gasteiger partial charge on any atom is -0.241 e. The summed E-state index contributed by atoms with van der Waals surface area (Å²) < 4.78 is 27.0. The Kier molecular flexibility index (Phi) is 4.73. The SMILES string of the molecule is C[C@H](c1ccc(Cl)cc1)S(=O)(=O)Cc1ccc(-n2cccn2)cc1. The van der Waals surface area contributed by atoms with Gasteiger partial charge in [0.05, 0.1) is 16.7 Å². The molecule has 124 valence electrons. The average Bonchev–Trinajstić information content (AvgIpc) is 3.10. The van der Waals surface area contributed by atoms with Crippen LogP contribution >= 0.6 is 11.6 Å². The van der Waals surface area contributed by atoms with Crippen LogP contribution in [0.1, 0.15) is 23.3 Å². The van der Waals surface area contributed by atoms with E-state index in [0.717, 1.165) is 16.8 Å². The van der Waals surface area contributed by atoms with Gasteiger partial charge in [0.15, 0.2) is 9.84 Å². The van der Waals surface area contributed by atoms with Crippen molar-refractivity contribution >= 4 is 21.4 Å². The van der Waals surface area contributed by atoms with Crippen molar-refractivity contribution in [1.82, 2.24) is 9.78 Å². The molecule has 1 atom stereocenters. The minimum atomic E-state index is -3.31. The Bertz CT molecular complexity index is 903. The second-order valence-electron chi connectivity index (χ2n) is 5.62. The summed E-state index contributed by atoms with van der Waals surface area (Å²) in [6.07, 6.45) is 3.54. The van der Waals surface area contributed by atoms with Gasteiger partial charge in [-0.25, -0.2) is 13.1 Å². The first kappa shape index (κ1) is 16.7. The highest BCUT2D eigenvalue weighted by Gasteiger charge is 2.23. The van der Waals surface area contributed by atoms with Crippen LogP contribution in [0.3, 0.4) is 0 Å². The van der Waals surface area contributed by atoms with Crippen molar-refractivity contribution in [2.24, 2.45) is 0 Å². The van der Waals surface area contributed by atoms with Gasteiger partial charge >= 0.3 is 0 Å². The summed E-state index contributed by atoms with van der Waals surface area (Å²) in [7, 11) is -3.31. The Hall–Kier alpha value is -2.11. The molecule has 0 saturated heterocycles. The smallest absolute Gasteiger partial charge is 0.161 e. The monoisotopic (exact) mass is 360 g/mol. The van der Waals surface area contributed by atoms with E-state index in [0.29, 0.717) is 5.02 Å². The van der Waals surface area contributed by atoms with Gasteiger partial charge in [-0.3, -0.25) is 0 Å². The van der Waals surface area contributed by atoms with Crippen LogP contribution in [-0.4, -0.2) is 18.2 Å². The molecular formula is C18H17ClN2O2S. The van der Waals surface area contributed by atoms with Gasteiger partial charge in [0.1, 0.15) is 0 Å². The van der Waals surface area contributed by atoms with Crippen LogP contribution in [0.5, 0.6) is 0 Å². The van der Waals surface area contributed by atoms with Crippen LogP contribution in [-0.2, 0) is 15.6 Å². The lowest BCUT2D eigenvalue weighted by molar-refractivity contribution is 0.585. The van der Waals surface area contributed by atoms with Crippen molar-refractivity contribution in [1.29, 1.82) is 0 Å². The number of sulfone groups is 1. The van der Waals surface area contributed by atoms with E-state index in [1.165, 1.54) is 0 Å². The first-order valence-corrected chi connectivity index (χ1v) is 9.61. The van der Waals surface area contributed by atoms with Gasteiger partial charge in [-0.05, 0) is 48.4 Å². The summed E-state index contributed by atoms with van der Waals surface area (Å²) in [5, 5.41) is 4.17. The molecule has 2 aromatic carbocycles. The largest absolute Gasteiger partial charge is 0.241 e. The van der Waals surface area contributed by atoms with E-state index < -0.39 is 15.1 Å². The molecule has 3 rings (SSSR count). The van der Waals surface area contributed by atoms with Crippen LogP contribution in [0.4, 0.5) is 0 Å². The number of benzene rings is 2. The van der Waals surface area contributed by atoms with E-state index in [1.54, 1.807) is 42.1 Å². The van der Waals surface area contributed by atoms with Gasteiger partial charge in [0, 0.05) is 17.4 Å². The third kappa shape index (κ3) is 3.68. The molecule has 0 spiro atoms. The van der Waals surface area contributed by atoms with E-state index >= 15 is 0 Å². The first-order chi connectivity index (χ1) is 11.5. The Balaban J connectivity index is 1.77. The molecule has 0 aliphatic heterocycles. The summed E-state index contributed by atoms with van der Waals surface area (Å²) in [5.41, 5.74) is 2.39. The molecule has 0 fully saturated rings.